The number of carbonyl (C=O) groups excluding carboxylic acids is 2. The van der Waals surface area contributed by atoms with Gasteiger partial charge in [-0.2, -0.15) is 0 Å². The Hall–Kier alpha value is -3.12. The molecule has 0 spiro atoms. The Bertz CT molecular complexity index is 885. The first kappa shape index (κ1) is 21.6. The van der Waals surface area contributed by atoms with Gasteiger partial charge in [0, 0.05) is 24.2 Å². The summed E-state index contributed by atoms with van der Waals surface area (Å²) >= 11 is 0. The van der Waals surface area contributed by atoms with Crippen molar-refractivity contribution in [3.05, 3.63) is 65.7 Å². The summed E-state index contributed by atoms with van der Waals surface area (Å²) in [5.74, 6) is 0.435. The van der Waals surface area contributed by atoms with Crippen LogP contribution in [0.5, 0.6) is 5.75 Å². The van der Waals surface area contributed by atoms with Gasteiger partial charge in [-0.15, -0.1) is 0 Å². The minimum atomic E-state index is -0.197. The van der Waals surface area contributed by atoms with Gasteiger partial charge in [0.1, 0.15) is 5.75 Å². The average Bonchev–Trinajstić information content (AvgIpc) is 2.74. The number of hydrogen-bond acceptors (Lipinski definition) is 4. The molecule has 0 radical (unpaired) electrons. The number of rotatable bonds is 8. The van der Waals surface area contributed by atoms with Gasteiger partial charge in [0.15, 0.2) is 0 Å². The van der Waals surface area contributed by atoms with E-state index in [1.807, 2.05) is 55.5 Å². The van der Waals surface area contributed by atoms with E-state index < -0.39 is 0 Å². The van der Waals surface area contributed by atoms with E-state index >= 15 is 0 Å². The van der Waals surface area contributed by atoms with Crippen molar-refractivity contribution in [1.82, 2.24) is 4.90 Å². The number of likely N-dealkylation sites (tertiary alicyclic amines) is 1. The lowest BCUT2D eigenvalue weighted by atomic mass is 9.96. The van der Waals surface area contributed by atoms with Crippen LogP contribution in [0.25, 0.3) is 6.08 Å². The SMILES string of the molecule is CCOc1ccc(/C=C/C(=O)Nc2cccc(CN3CCC(C(N)=O)CC3)c2)cc1. The number of carbonyl (C=O) groups is 2. The van der Waals surface area contributed by atoms with Crippen LogP contribution in [-0.2, 0) is 16.1 Å². The maximum Gasteiger partial charge on any atom is 0.248 e. The number of ether oxygens (including phenoxy) is 1. The molecule has 3 rings (SSSR count). The van der Waals surface area contributed by atoms with E-state index in [2.05, 4.69) is 10.2 Å². The molecule has 2 amide bonds. The Balaban J connectivity index is 1.52. The molecule has 1 aliphatic rings. The number of nitrogens with one attached hydrogen (secondary N) is 1. The van der Waals surface area contributed by atoms with E-state index in [0.717, 1.165) is 55.0 Å². The molecular weight excluding hydrogens is 378 g/mol. The third kappa shape index (κ3) is 6.46. The van der Waals surface area contributed by atoms with E-state index in [4.69, 9.17) is 10.5 Å². The van der Waals surface area contributed by atoms with E-state index in [0.29, 0.717) is 6.61 Å². The number of piperidine rings is 1. The molecule has 6 heteroatoms. The summed E-state index contributed by atoms with van der Waals surface area (Å²) in [6.45, 7) is 5.07. The highest BCUT2D eigenvalue weighted by Gasteiger charge is 2.22. The summed E-state index contributed by atoms with van der Waals surface area (Å²) in [6.07, 6.45) is 4.92. The molecule has 1 fully saturated rings. The third-order valence-corrected chi connectivity index (χ3v) is 5.21. The van der Waals surface area contributed by atoms with Crippen LogP contribution in [0, 0.1) is 5.92 Å². The lowest BCUT2D eigenvalue weighted by Crippen LogP contribution is -2.38. The van der Waals surface area contributed by atoms with Gasteiger partial charge in [0.05, 0.1) is 6.61 Å². The minimum Gasteiger partial charge on any atom is -0.494 e. The largest absolute Gasteiger partial charge is 0.494 e. The fourth-order valence-corrected chi connectivity index (χ4v) is 3.58. The topological polar surface area (TPSA) is 84.7 Å². The Labute approximate surface area is 177 Å². The fourth-order valence-electron chi connectivity index (χ4n) is 3.58. The lowest BCUT2D eigenvalue weighted by Gasteiger charge is -2.30. The monoisotopic (exact) mass is 407 g/mol. The van der Waals surface area contributed by atoms with E-state index in [1.54, 1.807) is 6.08 Å². The zero-order chi connectivity index (χ0) is 21.3. The molecule has 1 aliphatic heterocycles. The molecule has 0 aromatic heterocycles. The zero-order valence-electron chi connectivity index (χ0n) is 17.3. The first-order chi connectivity index (χ1) is 14.5. The van der Waals surface area contributed by atoms with Crippen molar-refractivity contribution in [3.8, 4) is 5.75 Å². The smallest absolute Gasteiger partial charge is 0.248 e. The van der Waals surface area contributed by atoms with Crippen LogP contribution >= 0.6 is 0 Å². The summed E-state index contributed by atoms with van der Waals surface area (Å²) in [5.41, 5.74) is 8.23. The number of hydrogen-bond donors (Lipinski definition) is 2. The number of amides is 2. The van der Waals surface area contributed by atoms with Gasteiger partial charge in [-0.25, -0.2) is 0 Å². The normalized spacial score (nSPS) is 15.2. The molecule has 30 heavy (non-hydrogen) atoms. The highest BCUT2D eigenvalue weighted by molar-refractivity contribution is 6.01. The highest BCUT2D eigenvalue weighted by atomic mass is 16.5. The summed E-state index contributed by atoms with van der Waals surface area (Å²) in [7, 11) is 0. The van der Waals surface area contributed by atoms with Crippen molar-refractivity contribution in [2.45, 2.75) is 26.3 Å². The molecule has 0 unspecified atom stereocenters. The predicted molar refractivity (Wildman–Crippen MR) is 119 cm³/mol. The Morgan fingerprint density at radius 3 is 2.57 bits per heavy atom. The second-order valence-corrected chi connectivity index (χ2v) is 7.48. The van der Waals surface area contributed by atoms with Crippen LogP contribution in [0.2, 0.25) is 0 Å². The van der Waals surface area contributed by atoms with Crippen LogP contribution < -0.4 is 15.8 Å². The van der Waals surface area contributed by atoms with E-state index in [-0.39, 0.29) is 17.7 Å². The van der Waals surface area contributed by atoms with Gasteiger partial charge in [0.2, 0.25) is 11.8 Å². The van der Waals surface area contributed by atoms with Crippen molar-refractivity contribution in [2.75, 3.05) is 25.0 Å². The highest BCUT2D eigenvalue weighted by Crippen LogP contribution is 2.20. The fraction of sp³-hybridized carbons (Fsp3) is 0.333. The van der Waals surface area contributed by atoms with Crippen LogP contribution in [0.4, 0.5) is 5.69 Å². The number of primary amides is 1. The third-order valence-electron chi connectivity index (χ3n) is 5.21. The standard InChI is InChI=1S/C24H29N3O3/c1-2-30-22-9-6-18(7-10-22)8-11-23(28)26-21-5-3-4-19(16-21)17-27-14-12-20(13-15-27)24(25)29/h3-11,16,20H,2,12-15,17H2,1H3,(H2,25,29)(H,26,28)/b11-8+. The van der Waals surface area contributed by atoms with Crippen LogP contribution in [0.3, 0.4) is 0 Å². The zero-order valence-corrected chi connectivity index (χ0v) is 17.3. The number of anilines is 1. The average molecular weight is 408 g/mol. The predicted octanol–water partition coefficient (Wildman–Crippen LogP) is 3.43. The lowest BCUT2D eigenvalue weighted by molar-refractivity contribution is -0.123. The summed E-state index contributed by atoms with van der Waals surface area (Å²) < 4.78 is 5.42. The maximum atomic E-state index is 12.3. The molecule has 0 saturated carbocycles. The van der Waals surface area contributed by atoms with E-state index in [9.17, 15) is 9.59 Å². The maximum absolute atomic E-state index is 12.3. The molecule has 0 aliphatic carbocycles. The number of nitrogens with two attached hydrogens (primary N) is 1. The Morgan fingerprint density at radius 2 is 1.90 bits per heavy atom. The molecule has 2 aromatic carbocycles. The number of nitrogens with zero attached hydrogens (tertiary/aromatic N) is 1. The molecular formula is C24H29N3O3. The molecule has 0 bridgehead atoms. The van der Waals surface area contributed by atoms with Crippen molar-refractivity contribution >= 4 is 23.6 Å². The van der Waals surface area contributed by atoms with Gasteiger partial charge in [-0.05, 0) is 74.3 Å². The number of benzene rings is 2. The second-order valence-electron chi connectivity index (χ2n) is 7.48. The van der Waals surface area contributed by atoms with Gasteiger partial charge in [0.25, 0.3) is 0 Å². The second kappa shape index (κ2) is 10.6. The van der Waals surface area contributed by atoms with E-state index in [1.165, 1.54) is 6.08 Å². The minimum absolute atomic E-state index is 0.00552. The van der Waals surface area contributed by atoms with Crippen molar-refractivity contribution in [1.29, 1.82) is 0 Å². The van der Waals surface area contributed by atoms with Gasteiger partial charge >= 0.3 is 0 Å². The molecule has 6 nitrogen and oxygen atoms in total. The molecule has 3 N–H and O–H groups in total. The van der Waals surface area contributed by atoms with Gasteiger partial charge in [-0.1, -0.05) is 24.3 Å². The van der Waals surface area contributed by atoms with Crippen LogP contribution in [0.1, 0.15) is 30.9 Å². The quantitative estimate of drug-likeness (QED) is 0.657. The Morgan fingerprint density at radius 1 is 1.17 bits per heavy atom. The van der Waals surface area contributed by atoms with Crippen molar-refractivity contribution in [3.63, 3.8) is 0 Å². The van der Waals surface area contributed by atoms with Crippen LogP contribution in [0.15, 0.2) is 54.6 Å². The Kier molecular flexibility index (Phi) is 7.63. The molecule has 1 heterocycles. The summed E-state index contributed by atoms with van der Waals surface area (Å²) in [5, 5.41) is 2.91. The van der Waals surface area contributed by atoms with Crippen molar-refractivity contribution in [2.24, 2.45) is 11.7 Å². The van der Waals surface area contributed by atoms with Gasteiger partial charge < -0.3 is 15.8 Å². The molecule has 2 aromatic rings. The first-order valence-corrected chi connectivity index (χ1v) is 10.4. The summed E-state index contributed by atoms with van der Waals surface area (Å²) in [4.78, 5) is 25.9. The summed E-state index contributed by atoms with van der Waals surface area (Å²) in [6, 6.07) is 15.5. The van der Waals surface area contributed by atoms with Gasteiger partial charge in [-0.3, -0.25) is 14.5 Å². The first-order valence-electron chi connectivity index (χ1n) is 10.4. The van der Waals surface area contributed by atoms with Crippen molar-refractivity contribution < 1.29 is 14.3 Å². The molecule has 158 valence electrons. The molecule has 1 saturated heterocycles. The molecule has 0 atom stereocenters. The van der Waals surface area contributed by atoms with Crippen LogP contribution in [-0.4, -0.2) is 36.4 Å².